The molecule has 16 rings (SSSR count). The summed E-state index contributed by atoms with van der Waals surface area (Å²) in [7, 11) is 0. The lowest BCUT2D eigenvalue weighted by molar-refractivity contribution is 0.669. The van der Waals surface area contributed by atoms with Crippen LogP contribution in [0.1, 0.15) is 0 Å². The molecule has 0 aliphatic carbocycles. The lowest BCUT2D eigenvalue weighted by Crippen LogP contribution is -1.98. The average molecular weight is 987 g/mol. The van der Waals surface area contributed by atoms with Gasteiger partial charge in [-0.25, -0.2) is 9.97 Å². The fraction of sp³-hybridized carbons (Fsp3) is 0. The zero-order valence-electron chi connectivity index (χ0n) is 40.9. The number of hydrogen-bond donors (Lipinski definition) is 0. The third-order valence-electron chi connectivity index (χ3n) is 15.3. The minimum atomic E-state index is 0.664. The first-order chi connectivity index (χ1) is 37.7. The molecule has 11 aromatic carbocycles. The Morgan fingerprint density at radius 1 is 0.316 bits per heavy atom. The molecule has 0 bridgehead atoms. The molecule has 0 spiro atoms. The normalized spacial score (nSPS) is 11.9. The minimum absolute atomic E-state index is 0.664. The molecule has 0 unspecified atom stereocenters. The molecule has 0 N–H and O–H groups in total. The van der Waals surface area contributed by atoms with Crippen LogP contribution in [-0.4, -0.2) is 19.1 Å². The van der Waals surface area contributed by atoms with Crippen molar-refractivity contribution < 1.29 is 4.42 Å². The van der Waals surface area contributed by atoms with Gasteiger partial charge in [-0.1, -0.05) is 170 Å². The second-order valence-corrected chi connectivity index (χ2v) is 20.7. The molecule has 0 amide bonds. The lowest BCUT2D eigenvalue weighted by Gasteiger charge is -2.13. The molecule has 0 fully saturated rings. The maximum atomic E-state index is 7.21. The van der Waals surface area contributed by atoms with Crippen LogP contribution in [0.2, 0.25) is 0 Å². The molecular weight excluding hydrogens is 945 g/mol. The Labute approximate surface area is 440 Å². The van der Waals surface area contributed by atoms with Gasteiger partial charge in [0.15, 0.2) is 5.82 Å². The van der Waals surface area contributed by atoms with Gasteiger partial charge in [0.1, 0.15) is 11.2 Å². The third-order valence-corrected chi connectivity index (χ3v) is 16.5. The SMILES string of the molecule is c1ccc(-c2cc(-c3ccccc3)nc(-c3cccc(-c4cc(-c5ccc6sc7ccccc7c6c5)cc5oc6cc(-n7c8ccccc8c8ccc9c%10ccccc%10n(-c%10ccccc%10)c9c87)ccc6c45)c3)n2)cc1. The van der Waals surface area contributed by atoms with E-state index in [1.54, 1.807) is 0 Å². The van der Waals surface area contributed by atoms with E-state index < -0.39 is 0 Å². The van der Waals surface area contributed by atoms with Crippen LogP contribution in [0, 0.1) is 0 Å². The van der Waals surface area contributed by atoms with Crippen LogP contribution < -0.4 is 0 Å². The number of benzene rings is 11. The summed E-state index contributed by atoms with van der Waals surface area (Å²) in [5.74, 6) is 0.664. The van der Waals surface area contributed by atoms with Crippen molar-refractivity contribution in [1.82, 2.24) is 19.1 Å². The molecule has 0 radical (unpaired) electrons. The van der Waals surface area contributed by atoms with Crippen molar-refractivity contribution in [3.8, 4) is 67.5 Å². The Hall–Kier alpha value is -9.88. The second-order valence-electron chi connectivity index (χ2n) is 19.7. The highest BCUT2D eigenvalue weighted by Gasteiger charge is 2.23. The third kappa shape index (κ3) is 6.64. The lowest BCUT2D eigenvalue weighted by atomic mass is 9.93. The molecule has 5 aromatic heterocycles. The van der Waals surface area contributed by atoms with E-state index in [0.717, 1.165) is 94.7 Å². The van der Waals surface area contributed by atoms with E-state index in [1.807, 2.05) is 23.5 Å². The number of aromatic nitrogens is 4. The molecular formula is C70H42N4OS. The van der Waals surface area contributed by atoms with Crippen molar-refractivity contribution in [2.24, 2.45) is 0 Å². The Balaban J connectivity index is 0.934. The summed E-state index contributed by atoms with van der Waals surface area (Å²) >= 11 is 1.84. The van der Waals surface area contributed by atoms with Crippen molar-refractivity contribution >= 4 is 97.1 Å². The standard InChI is InChI=1S/C70H42N4OS/c1-4-17-43(18-5-1)59-42-60(44-19-6-2-7-20-44)72-70(71-59)47-22-16-21-46(37-47)57-39-48(45-31-36-66-58(38-45)53-27-12-15-30-65(53)76-66)40-64-67(57)56-33-32-50(41-63(56)75-64)74-62-29-14-11-26-52(62)55-35-34-54-51-25-10-13-28-61(51)73(68(54)69(55)74)49-23-8-3-9-24-49/h1-42H. The summed E-state index contributed by atoms with van der Waals surface area (Å²) in [6, 6.07) is 91.4. The van der Waals surface area contributed by atoms with Gasteiger partial charge < -0.3 is 13.6 Å². The van der Waals surface area contributed by atoms with Gasteiger partial charge in [0, 0.05) is 80.9 Å². The van der Waals surface area contributed by atoms with Crippen LogP contribution >= 0.6 is 11.3 Å². The first-order valence-electron chi connectivity index (χ1n) is 25.7. The van der Waals surface area contributed by atoms with Gasteiger partial charge in [-0.2, -0.15) is 0 Å². The molecule has 76 heavy (non-hydrogen) atoms. The van der Waals surface area contributed by atoms with Crippen molar-refractivity contribution in [3.05, 3.63) is 255 Å². The summed E-state index contributed by atoms with van der Waals surface area (Å²) in [5, 5.41) is 9.46. The number of hydrogen-bond acceptors (Lipinski definition) is 4. The number of fused-ring (bicyclic) bond motifs is 13. The summed E-state index contributed by atoms with van der Waals surface area (Å²) < 4.78 is 14.7. The maximum Gasteiger partial charge on any atom is 0.160 e. The Morgan fingerprint density at radius 2 is 0.882 bits per heavy atom. The van der Waals surface area contributed by atoms with Gasteiger partial charge in [0.05, 0.1) is 39.1 Å². The van der Waals surface area contributed by atoms with E-state index in [0.29, 0.717) is 5.82 Å². The number of thiophene rings is 1. The highest BCUT2D eigenvalue weighted by atomic mass is 32.1. The van der Waals surface area contributed by atoms with Crippen molar-refractivity contribution in [1.29, 1.82) is 0 Å². The molecule has 0 saturated heterocycles. The van der Waals surface area contributed by atoms with E-state index in [1.165, 1.54) is 52.8 Å². The van der Waals surface area contributed by atoms with Gasteiger partial charge >= 0.3 is 0 Å². The quantitative estimate of drug-likeness (QED) is 0.160. The van der Waals surface area contributed by atoms with Gasteiger partial charge in [0.2, 0.25) is 0 Å². The Kier molecular flexibility index (Phi) is 9.44. The number of rotatable bonds is 7. The first-order valence-corrected chi connectivity index (χ1v) is 26.5. The van der Waals surface area contributed by atoms with E-state index in [9.17, 15) is 0 Å². The monoisotopic (exact) mass is 986 g/mol. The summed E-state index contributed by atoms with van der Waals surface area (Å²) in [5.41, 5.74) is 17.5. The highest BCUT2D eigenvalue weighted by molar-refractivity contribution is 7.25. The first kappa shape index (κ1) is 42.6. The second kappa shape index (κ2) is 16.8. The Bertz CT molecular complexity index is 4930. The zero-order valence-corrected chi connectivity index (χ0v) is 41.7. The largest absolute Gasteiger partial charge is 0.456 e. The number of para-hydroxylation sites is 3. The number of furan rings is 1. The van der Waals surface area contributed by atoms with E-state index in [4.69, 9.17) is 14.4 Å². The van der Waals surface area contributed by atoms with Gasteiger partial charge in [-0.15, -0.1) is 11.3 Å². The predicted octanol–water partition coefficient (Wildman–Crippen LogP) is 19.3. The van der Waals surface area contributed by atoms with Crippen LogP contribution in [-0.2, 0) is 0 Å². The van der Waals surface area contributed by atoms with Gasteiger partial charge in [0.25, 0.3) is 0 Å². The van der Waals surface area contributed by atoms with Crippen LogP contribution in [0.15, 0.2) is 259 Å². The zero-order chi connectivity index (χ0) is 49.8. The van der Waals surface area contributed by atoms with E-state index in [2.05, 4.69) is 252 Å². The van der Waals surface area contributed by atoms with Crippen molar-refractivity contribution in [2.45, 2.75) is 0 Å². The summed E-state index contributed by atoms with van der Waals surface area (Å²) in [6.45, 7) is 0. The minimum Gasteiger partial charge on any atom is -0.456 e. The Morgan fingerprint density at radius 3 is 1.58 bits per heavy atom. The van der Waals surface area contributed by atoms with E-state index >= 15 is 0 Å². The topological polar surface area (TPSA) is 48.8 Å². The van der Waals surface area contributed by atoms with Crippen molar-refractivity contribution in [2.75, 3.05) is 0 Å². The molecule has 5 heterocycles. The molecule has 354 valence electrons. The average Bonchev–Trinajstić information content (AvgIpc) is 4.38. The molecule has 0 atom stereocenters. The molecule has 5 nitrogen and oxygen atoms in total. The predicted molar refractivity (Wildman–Crippen MR) is 318 cm³/mol. The van der Waals surface area contributed by atoms with Crippen LogP contribution in [0.25, 0.3) is 153 Å². The molecule has 16 aromatic rings. The smallest absolute Gasteiger partial charge is 0.160 e. The fourth-order valence-electron chi connectivity index (χ4n) is 11.9. The molecule has 0 aliphatic heterocycles. The van der Waals surface area contributed by atoms with E-state index in [-0.39, 0.29) is 0 Å². The summed E-state index contributed by atoms with van der Waals surface area (Å²) in [6.07, 6.45) is 0. The molecule has 0 saturated carbocycles. The van der Waals surface area contributed by atoms with Gasteiger partial charge in [-0.05, 0) is 101 Å². The van der Waals surface area contributed by atoms with Crippen LogP contribution in [0.4, 0.5) is 0 Å². The van der Waals surface area contributed by atoms with Gasteiger partial charge in [-0.3, -0.25) is 0 Å². The highest BCUT2D eigenvalue weighted by Crippen LogP contribution is 2.46. The number of nitrogens with zero attached hydrogens (tertiary/aromatic N) is 4. The molecule has 6 heteroatoms. The molecule has 0 aliphatic rings. The summed E-state index contributed by atoms with van der Waals surface area (Å²) in [4.78, 5) is 10.5. The van der Waals surface area contributed by atoms with Crippen LogP contribution in [0.5, 0.6) is 0 Å². The maximum absolute atomic E-state index is 7.21. The van der Waals surface area contributed by atoms with Crippen LogP contribution in [0.3, 0.4) is 0 Å². The fourth-order valence-corrected chi connectivity index (χ4v) is 12.9. The van der Waals surface area contributed by atoms with Crippen molar-refractivity contribution in [3.63, 3.8) is 0 Å².